The molecular weight excluding hydrogens is 508 g/mol. The summed E-state index contributed by atoms with van der Waals surface area (Å²) in [7, 11) is 2.98. The summed E-state index contributed by atoms with van der Waals surface area (Å²) in [6, 6.07) is 24.5. The lowest BCUT2D eigenvalue weighted by Gasteiger charge is -2.23. The third kappa shape index (κ3) is 6.53. The Hall–Kier alpha value is -4.98. The van der Waals surface area contributed by atoms with Gasteiger partial charge in [-0.25, -0.2) is 9.59 Å². The van der Waals surface area contributed by atoms with E-state index in [1.54, 1.807) is 55.6 Å². The van der Waals surface area contributed by atoms with Crippen molar-refractivity contribution in [2.75, 3.05) is 24.9 Å². The molecule has 0 saturated heterocycles. The highest BCUT2D eigenvalue weighted by Gasteiger charge is 2.21. The monoisotopic (exact) mass is 540 g/mol. The molecule has 40 heavy (non-hydrogen) atoms. The zero-order valence-corrected chi connectivity index (χ0v) is 23.1. The van der Waals surface area contributed by atoms with E-state index in [1.807, 2.05) is 30.3 Å². The summed E-state index contributed by atoms with van der Waals surface area (Å²) in [5.41, 5.74) is 3.12. The standard InChI is InChI=1S/C32H32N2O6/c1-32(2,3)25-11-6-7-12-28(25)40-29-16-14-21(20-13-15-27(39-5)24(17-20)30(35)36)18-26(29)34-31(37)33-22-9-8-10-23(19-22)38-4/h6-19H,1-5H3,(H,35,36)(H2,33,34,37). The van der Waals surface area contributed by atoms with E-state index < -0.39 is 12.0 Å². The van der Waals surface area contributed by atoms with Crippen LogP contribution in [0.15, 0.2) is 84.9 Å². The van der Waals surface area contributed by atoms with Crippen LogP contribution >= 0.6 is 0 Å². The van der Waals surface area contributed by atoms with Crippen molar-refractivity contribution in [2.45, 2.75) is 26.2 Å². The number of benzene rings is 4. The number of anilines is 2. The van der Waals surface area contributed by atoms with Crippen molar-refractivity contribution in [3.63, 3.8) is 0 Å². The van der Waals surface area contributed by atoms with Crippen LogP contribution in [0, 0.1) is 0 Å². The van der Waals surface area contributed by atoms with Gasteiger partial charge in [0.25, 0.3) is 0 Å². The van der Waals surface area contributed by atoms with E-state index in [2.05, 4.69) is 31.4 Å². The number of carbonyl (C=O) groups is 2. The second kappa shape index (κ2) is 11.8. The van der Waals surface area contributed by atoms with Gasteiger partial charge in [0.2, 0.25) is 0 Å². The number of carboxylic acids is 1. The molecule has 3 N–H and O–H groups in total. The van der Waals surface area contributed by atoms with Gasteiger partial charge in [0, 0.05) is 17.3 Å². The predicted molar refractivity (Wildman–Crippen MR) is 156 cm³/mol. The molecule has 0 unspecified atom stereocenters. The summed E-state index contributed by atoms with van der Waals surface area (Å²) < 4.78 is 16.8. The number of nitrogens with one attached hydrogen (secondary N) is 2. The summed E-state index contributed by atoms with van der Waals surface area (Å²) in [5.74, 6) is 0.848. The SMILES string of the molecule is COc1cccc(NC(=O)Nc2cc(-c3ccc(OC)c(C(=O)O)c3)ccc2Oc2ccccc2C(C)(C)C)c1. The minimum absolute atomic E-state index is 0.0321. The molecule has 0 heterocycles. The number of para-hydroxylation sites is 1. The first-order valence-corrected chi connectivity index (χ1v) is 12.6. The molecule has 0 aliphatic rings. The van der Waals surface area contributed by atoms with Gasteiger partial charge in [0.1, 0.15) is 22.8 Å². The van der Waals surface area contributed by atoms with Gasteiger partial charge >= 0.3 is 12.0 Å². The normalized spacial score (nSPS) is 10.9. The zero-order valence-electron chi connectivity index (χ0n) is 23.1. The molecule has 0 aliphatic carbocycles. The van der Waals surface area contributed by atoms with E-state index in [0.29, 0.717) is 39.8 Å². The highest BCUT2D eigenvalue weighted by molar-refractivity contribution is 6.01. The van der Waals surface area contributed by atoms with Gasteiger partial charge in [0.05, 0.1) is 19.9 Å². The molecule has 0 fully saturated rings. The fourth-order valence-electron chi connectivity index (χ4n) is 4.23. The molecule has 8 heteroatoms. The minimum Gasteiger partial charge on any atom is -0.497 e. The lowest BCUT2D eigenvalue weighted by atomic mass is 9.86. The molecule has 4 aromatic carbocycles. The van der Waals surface area contributed by atoms with Crippen LogP contribution in [0.25, 0.3) is 11.1 Å². The third-order valence-corrected chi connectivity index (χ3v) is 6.23. The molecule has 4 aromatic rings. The Morgan fingerprint density at radius 2 is 1.43 bits per heavy atom. The largest absolute Gasteiger partial charge is 0.497 e. The van der Waals surface area contributed by atoms with E-state index in [0.717, 1.165) is 5.56 Å². The van der Waals surface area contributed by atoms with E-state index in [4.69, 9.17) is 14.2 Å². The lowest BCUT2D eigenvalue weighted by molar-refractivity contribution is 0.0693. The highest BCUT2D eigenvalue weighted by Crippen LogP contribution is 2.39. The summed E-state index contributed by atoms with van der Waals surface area (Å²) in [6.45, 7) is 6.30. The number of hydrogen-bond donors (Lipinski definition) is 3. The van der Waals surface area contributed by atoms with Crippen molar-refractivity contribution in [2.24, 2.45) is 0 Å². The van der Waals surface area contributed by atoms with Gasteiger partial charge in [-0.15, -0.1) is 0 Å². The molecule has 2 amide bonds. The van der Waals surface area contributed by atoms with Crippen molar-refractivity contribution in [3.05, 3.63) is 96.1 Å². The number of urea groups is 1. The molecule has 0 spiro atoms. The number of rotatable bonds is 8. The van der Waals surface area contributed by atoms with Crippen LogP contribution in [0.3, 0.4) is 0 Å². The number of hydrogen-bond acceptors (Lipinski definition) is 5. The Kier molecular flexibility index (Phi) is 8.29. The zero-order chi connectivity index (χ0) is 28.9. The van der Waals surface area contributed by atoms with Crippen molar-refractivity contribution in [1.82, 2.24) is 0 Å². The van der Waals surface area contributed by atoms with Gasteiger partial charge < -0.3 is 30.0 Å². The molecule has 0 radical (unpaired) electrons. The first kappa shape index (κ1) is 28.0. The van der Waals surface area contributed by atoms with Crippen LogP contribution in [-0.4, -0.2) is 31.3 Å². The highest BCUT2D eigenvalue weighted by atomic mass is 16.5. The van der Waals surface area contributed by atoms with E-state index >= 15 is 0 Å². The number of amides is 2. The van der Waals surface area contributed by atoms with Crippen LogP contribution in [0.1, 0.15) is 36.7 Å². The lowest BCUT2D eigenvalue weighted by Crippen LogP contribution is -2.20. The average molecular weight is 541 g/mol. The fourth-order valence-corrected chi connectivity index (χ4v) is 4.23. The van der Waals surface area contributed by atoms with Gasteiger partial charge in [-0.1, -0.05) is 57.2 Å². The molecule has 0 aromatic heterocycles. The number of methoxy groups -OCH3 is 2. The van der Waals surface area contributed by atoms with Gasteiger partial charge in [-0.2, -0.15) is 0 Å². The fraction of sp³-hybridized carbons (Fsp3) is 0.188. The first-order valence-electron chi connectivity index (χ1n) is 12.6. The van der Waals surface area contributed by atoms with Gasteiger partial charge in [-0.3, -0.25) is 0 Å². The number of ether oxygens (including phenoxy) is 3. The maximum absolute atomic E-state index is 13.1. The maximum Gasteiger partial charge on any atom is 0.339 e. The average Bonchev–Trinajstić information content (AvgIpc) is 2.93. The number of carboxylic acid groups (broad SMARTS) is 1. The Bertz CT molecular complexity index is 1540. The molecule has 206 valence electrons. The van der Waals surface area contributed by atoms with Gasteiger partial charge in [0.15, 0.2) is 5.75 Å². The van der Waals surface area contributed by atoms with Crippen molar-refractivity contribution < 1.29 is 28.9 Å². The molecule has 4 rings (SSSR count). The molecule has 0 bridgehead atoms. The maximum atomic E-state index is 13.1. The van der Waals surface area contributed by atoms with Crippen molar-refractivity contribution in [3.8, 4) is 34.1 Å². The van der Waals surface area contributed by atoms with Crippen LogP contribution in [-0.2, 0) is 5.41 Å². The van der Waals surface area contributed by atoms with Gasteiger partial charge in [-0.05, 0) is 59.0 Å². The van der Waals surface area contributed by atoms with Crippen LogP contribution in [0.5, 0.6) is 23.0 Å². The molecule has 0 saturated carbocycles. The summed E-state index contributed by atoms with van der Waals surface area (Å²) in [5, 5.41) is 15.3. The Balaban J connectivity index is 1.74. The summed E-state index contributed by atoms with van der Waals surface area (Å²) >= 11 is 0. The van der Waals surface area contributed by atoms with E-state index in [1.165, 1.54) is 13.2 Å². The Labute approximate surface area is 233 Å². The molecular formula is C32H32N2O6. The summed E-state index contributed by atoms with van der Waals surface area (Å²) in [4.78, 5) is 24.9. The molecule has 8 nitrogen and oxygen atoms in total. The topological polar surface area (TPSA) is 106 Å². The second-order valence-corrected chi connectivity index (χ2v) is 10.1. The number of carbonyl (C=O) groups excluding carboxylic acids is 1. The smallest absolute Gasteiger partial charge is 0.339 e. The molecule has 0 atom stereocenters. The number of aromatic carboxylic acids is 1. The Morgan fingerprint density at radius 1 is 0.725 bits per heavy atom. The van der Waals surface area contributed by atoms with Crippen molar-refractivity contribution in [1.29, 1.82) is 0 Å². The third-order valence-electron chi connectivity index (χ3n) is 6.23. The Morgan fingerprint density at radius 3 is 2.10 bits per heavy atom. The minimum atomic E-state index is -1.10. The quantitative estimate of drug-likeness (QED) is 0.211. The van der Waals surface area contributed by atoms with E-state index in [9.17, 15) is 14.7 Å². The predicted octanol–water partition coefficient (Wildman–Crippen LogP) is 7.80. The van der Waals surface area contributed by atoms with Crippen LogP contribution in [0.4, 0.5) is 16.2 Å². The molecule has 0 aliphatic heterocycles. The van der Waals surface area contributed by atoms with E-state index in [-0.39, 0.29) is 16.7 Å². The van der Waals surface area contributed by atoms with Crippen molar-refractivity contribution >= 4 is 23.4 Å². The van der Waals surface area contributed by atoms with Crippen LogP contribution < -0.4 is 24.8 Å². The van der Waals surface area contributed by atoms with Crippen LogP contribution in [0.2, 0.25) is 0 Å². The first-order chi connectivity index (χ1) is 19.1. The second-order valence-electron chi connectivity index (χ2n) is 10.1. The summed E-state index contributed by atoms with van der Waals surface area (Å²) in [6.07, 6.45) is 0.